The molecule has 5 nitrogen and oxygen atoms in total. The summed E-state index contributed by atoms with van der Waals surface area (Å²) in [5, 5.41) is 0. The standard InChI is InChI=1S/ClH.Cu.H3N.H2O4S/c;;;1-5(2,3)4/h1H;;1H3;(H2,1,2,3,4)/q;+2;;/p-2. The minimum absolute atomic E-state index is 0. The fraction of sp³-hybridized carbons (Fsp3) is 0. The van der Waals surface area contributed by atoms with E-state index in [1.807, 2.05) is 0 Å². The summed E-state index contributed by atoms with van der Waals surface area (Å²) in [6.45, 7) is 0. The Labute approximate surface area is 63.9 Å². The summed E-state index contributed by atoms with van der Waals surface area (Å²) in [5.41, 5.74) is 0. The van der Waals surface area contributed by atoms with Gasteiger partial charge in [0.25, 0.3) is 0 Å². The van der Waals surface area contributed by atoms with E-state index in [2.05, 4.69) is 0 Å². The summed E-state index contributed by atoms with van der Waals surface area (Å²) < 4.78 is 34.1. The molecule has 0 amide bonds. The zero-order chi connectivity index (χ0) is 4.50. The van der Waals surface area contributed by atoms with Crippen molar-refractivity contribution in [2.45, 2.75) is 0 Å². The van der Waals surface area contributed by atoms with Crippen molar-refractivity contribution in [3.63, 3.8) is 0 Å². The molecule has 0 atom stereocenters. The Hall–Kier alpha value is 0.639. The monoisotopic (exact) mass is 212 g/mol. The van der Waals surface area contributed by atoms with Crippen LogP contribution in [-0.2, 0) is 27.5 Å². The largest absolute Gasteiger partial charge is 2.00 e. The van der Waals surface area contributed by atoms with Crippen LogP contribution in [0.5, 0.6) is 0 Å². The second kappa shape index (κ2) is 7.64. The Bertz CT molecular complexity index is 99.2. The molecule has 0 saturated carbocycles. The van der Waals surface area contributed by atoms with Crippen LogP contribution in [0.25, 0.3) is 0 Å². The first-order valence-electron chi connectivity index (χ1n) is 0.667. The van der Waals surface area contributed by atoms with E-state index in [9.17, 15) is 0 Å². The zero-order valence-corrected chi connectivity index (χ0v) is 6.23. The first-order chi connectivity index (χ1) is 2.00. The summed E-state index contributed by atoms with van der Waals surface area (Å²) in [5.74, 6) is 0. The van der Waals surface area contributed by atoms with Gasteiger partial charge in [-0.2, -0.15) is 0 Å². The predicted molar refractivity (Wildman–Crippen MR) is 16.5 cm³/mol. The van der Waals surface area contributed by atoms with Gasteiger partial charge in [0.2, 0.25) is 0 Å². The van der Waals surface area contributed by atoms with Gasteiger partial charge in [0.15, 0.2) is 0 Å². The fourth-order valence-electron chi connectivity index (χ4n) is 0. The van der Waals surface area contributed by atoms with Crippen molar-refractivity contribution in [2.75, 3.05) is 0 Å². The summed E-state index contributed by atoms with van der Waals surface area (Å²) in [4.78, 5) is 0. The van der Waals surface area contributed by atoms with E-state index in [1.54, 1.807) is 0 Å². The van der Waals surface area contributed by atoms with Crippen LogP contribution in [0.4, 0.5) is 0 Å². The van der Waals surface area contributed by atoms with Crippen LogP contribution in [0, 0.1) is 0 Å². The van der Waals surface area contributed by atoms with E-state index in [1.165, 1.54) is 0 Å². The van der Waals surface area contributed by atoms with Gasteiger partial charge in [-0.25, -0.2) is 0 Å². The van der Waals surface area contributed by atoms with Gasteiger partial charge in [-0.1, -0.05) is 0 Å². The zero-order valence-electron chi connectivity index (χ0n) is 3.72. The molecule has 0 aliphatic heterocycles. The molecule has 57 valence electrons. The molecule has 0 aliphatic rings. The molecule has 0 heterocycles. The molecule has 0 fully saturated rings. The van der Waals surface area contributed by atoms with Crippen LogP contribution in [0.2, 0.25) is 0 Å². The SMILES string of the molecule is O=S(=O)([O-])[O-].[Cl-].[Cu+2].[NH4+]. The third-order valence-corrected chi connectivity index (χ3v) is 0. The summed E-state index contributed by atoms with van der Waals surface area (Å²) in [6.07, 6.45) is 0. The topological polar surface area (TPSA) is 117 Å². The molecule has 0 saturated heterocycles. The molecule has 4 N–H and O–H groups in total. The van der Waals surface area contributed by atoms with Crippen molar-refractivity contribution in [1.29, 1.82) is 0 Å². The number of halogens is 1. The van der Waals surface area contributed by atoms with Crippen molar-refractivity contribution in [3.8, 4) is 0 Å². The molecule has 0 unspecified atom stereocenters. The molecule has 8 heteroatoms. The van der Waals surface area contributed by atoms with Gasteiger partial charge in [-0.05, 0) is 0 Å². The predicted octanol–water partition coefficient (Wildman–Crippen LogP) is -3.96. The quantitative estimate of drug-likeness (QED) is 0.251. The summed E-state index contributed by atoms with van der Waals surface area (Å²) >= 11 is 0. The van der Waals surface area contributed by atoms with Gasteiger partial charge in [-0.3, -0.25) is 8.42 Å². The van der Waals surface area contributed by atoms with E-state index < -0.39 is 10.4 Å². The van der Waals surface area contributed by atoms with E-state index in [0.717, 1.165) is 0 Å². The van der Waals surface area contributed by atoms with Gasteiger partial charge in [0.05, 0.1) is 0 Å². The van der Waals surface area contributed by atoms with E-state index in [4.69, 9.17) is 17.5 Å². The normalized spacial score (nSPS) is 7.25. The first kappa shape index (κ1) is 23.4. The molecule has 0 spiro atoms. The van der Waals surface area contributed by atoms with Crippen LogP contribution in [0.3, 0.4) is 0 Å². The van der Waals surface area contributed by atoms with E-state index in [-0.39, 0.29) is 35.6 Å². The summed E-state index contributed by atoms with van der Waals surface area (Å²) in [7, 11) is -5.17. The van der Waals surface area contributed by atoms with Crippen molar-refractivity contribution in [1.82, 2.24) is 6.15 Å². The van der Waals surface area contributed by atoms with Crippen molar-refractivity contribution >= 4 is 10.4 Å². The molecule has 8 heavy (non-hydrogen) atoms. The molecule has 0 aliphatic carbocycles. The first-order valence-corrected chi connectivity index (χ1v) is 2.00. The Morgan fingerprint density at radius 1 is 1.12 bits per heavy atom. The van der Waals surface area contributed by atoms with Crippen molar-refractivity contribution < 1.29 is 47.0 Å². The Morgan fingerprint density at radius 2 is 1.12 bits per heavy atom. The van der Waals surface area contributed by atoms with Crippen LogP contribution in [0.1, 0.15) is 0 Å². The summed E-state index contributed by atoms with van der Waals surface area (Å²) in [6, 6.07) is 0. The molecular formula is H4ClCuNO4S. The molecular weight excluding hydrogens is 209 g/mol. The minimum Gasteiger partial charge on any atom is -1.00 e. The smallest absolute Gasteiger partial charge is 1.00 e. The second-order valence-corrected chi connectivity index (χ2v) is 1.22. The molecule has 0 bridgehead atoms. The number of rotatable bonds is 0. The minimum atomic E-state index is -5.17. The van der Waals surface area contributed by atoms with Crippen LogP contribution in [-0.4, -0.2) is 17.5 Å². The second-order valence-electron chi connectivity index (χ2n) is 0.408. The maximum atomic E-state index is 8.52. The maximum absolute atomic E-state index is 8.52. The number of hydrogen-bond donors (Lipinski definition) is 1. The Kier molecular flexibility index (Phi) is 22.4. The van der Waals surface area contributed by atoms with Crippen molar-refractivity contribution in [3.05, 3.63) is 0 Å². The molecule has 1 radical (unpaired) electrons. The van der Waals surface area contributed by atoms with Gasteiger partial charge >= 0.3 is 17.1 Å². The molecule has 0 aromatic rings. The van der Waals surface area contributed by atoms with Crippen LogP contribution >= 0.6 is 0 Å². The molecule has 0 rings (SSSR count). The van der Waals surface area contributed by atoms with Gasteiger partial charge < -0.3 is 27.7 Å². The van der Waals surface area contributed by atoms with Gasteiger partial charge in [0, 0.05) is 10.4 Å². The maximum Gasteiger partial charge on any atom is 2.00 e. The average molecular weight is 213 g/mol. The van der Waals surface area contributed by atoms with E-state index >= 15 is 0 Å². The van der Waals surface area contributed by atoms with Crippen LogP contribution in [0.15, 0.2) is 0 Å². The fourth-order valence-corrected chi connectivity index (χ4v) is 0. The van der Waals surface area contributed by atoms with Crippen LogP contribution < -0.4 is 18.6 Å². The number of hydrogen-bond acceptors (Lipinski definition) is 4. The molecule has 0 aromatic heterocycles. The third kappa shape index (κ3) is 516. The van der Waals surface area contributed by atoms with E-state index in [0.29, 0.717) is 0 Å². The molecule has 0 aromatic carbocycles. The third-order valence-electron chi connectivity index (χ3n) is 0. The Morgan fingerprint density at radius 3 is 1.12 bits per heavy atom. The van der Waals surface area contributed by atoms with Crippen molar-refractivity contribution in [2.24, 2.45) is 0 Å². The number of quaternary nitrogens is 1. The Balaban J connectivity index is -0.0000000267. The van der Waals surface area contributed by atoms with Gasteiger partial charge in [0.1, 0.15) is 0 Å². The average Bonchev–Trinajstić information content (AvgIpc) is 0.722. The van der Waals surface area contributed by atoms with Gasteiger partial charge in [-0.15, -0.1) is 0 Å².